The van der Waals surface area contributed by atoms with Crippen molar-refractivity contribution in [2.45, 2.75) is 0 Å². The monoisotopic (exact) mass is 373 g/mol. The first-order chi connectivity index (χ1) is 13.1. The number of methoxy groups -OCH3 is 2. The van der Waals surface area contributed by atoms with Gasteiger partial charge in [0, 0.05) is 50.1 Å². The van der Waals surface area contributed by atoms with Gasteiger partial charge in [-0.1, -0.05) is 0 Å². The number of nitrogens with one attached hydrogen (secondary N) is 1. The topological polar surface area (TPSA) is 84.3 Å². The minimum absolute atomic E-state index is 0.0543. The van der Waals surface area contributed by atoms with Crippen molar-refractivity contribution in [3.8, 4) is 11.5 Å². The van der Waals surface area contributed by atoms with Crippen molar-refractivity contribution in [3.05, 3.63) is 42.4 Å². The molecule has 144 valence electrons. The fourth-order valence-corrected chi connectivity index (χ4v) is 2.91. The van der Waals surface area contributed by atoms with E-state index in [2.05, 4.69) is 5.32 Å². The Hall–Kier alpha value is -3.00. The van der Waals surface area contributed by atoms with E-state index in [-0.39, 0.29) is 18.4 Å². The molecule has 0 atom stereocenters. The van der Waals surface area contributed by atoms with Crippen molar-refractivity contribution in [2.24, 2.45) is 0 Å². The van der Waals surface area contributed by atoms with Crippen LogP contribution in [0.25, 0.3) is 0 Å². The molecule has 0 bridgehead atoms. The number of Topliss-reactive ketones (excluding diaryl/α,β-unsaturated/α-hetero) is 1. The lowest BCUT2D eigenvalue weighted by atomic mass is 10.2. The number of benzene rings is 1. The number of piperazine rings is 1. The van der Waals surface area contributed by atoms with Gasteiger partial charge in [-0.15, -0.1) is 0 Å². The second-order valence-electron chi connectivity index (χ2n) is 6.20. The molecule has 0 saturated carbocycles. The number of furan rings is 1. The summed E-state index contributed by atoms with van der Waals surface area (Å²) >= 11 is 0. The molecule has 1 aliphatic heterocycles. The molecule has 1 fully saturated rings. The minimum Gasteiger partial charge on any atom is -0.497 e. The van der Waals surface area contributed by atoms with Crippen LogP contribution in [0, 0.1) is 0 Å². The van der Waals surface area contributed by atoms with Gasteiger partial charge in [0.25, 0.3) is 0 Å². The second-order valence-corrected chi connectivity index (χ2v) is 6.20. The molecule has 0 unspecified atom stereocenters. The number of ether oxygens (including phenoxy) is 2. The van der Waals surface area contributed by atoms with Gasteiger partial charge in [-0.2, -0.15) is 0 Å². The molecule has 8 nitrogen and oxygen atoms in total. The normalized spacial score (nSPS) is 14.7. The van der Waals surface area contributed by atoms with Crippen LogP contribution in [0.5, 0.6) is 11.5 Å². The van der Waals surface area contributed by atoms with Gasteiger partial charge in [-0.25, -0.2) is 4.79 Å². The molecule has 1 aromatic carbocycles. The summed E-state index contributed by atoms with van der Waals surface area (Å²) in [5, 5.41) is 2.87. The standard InChI is InChI=1S/C19H23N3O5/c1-25-15-10-14(11-16(12-15)26-2)20-19(24)22-7-5-21(6-8-22)13-17(23)18-4-3-9-27-18/h3-4,9-12H,5-8,13H2,1-2H3,(H,20,24). The number of anilines is 1. The van der Waals surface area contributed by atoms with Gasteiger partial charge >= 0.3 is 6.03 Å². The fourth-order valence-electron chi connectivity index (χ4n) is 2.91. The van der Waals surface area contributed by atoms with E-state index in [1.807, 2.05) is 4.90 Å². The van der Waals surface area contributed by atoms with E-state index in [0.717, 1.165) is 0 Å². The number of rotatable bonds is 6. The van der Waals surface area contributed by atoms with Crippen LogP contribution in [0.4, 0.5) is 10.5 Å². The van der Waals surface area contributed by atoms with Crippen LogP contribution < -0.4 is 14.8 Å². The number of ketones is 1. The summed E-state index contributed by atoms with van der Waals surface area (Å²) in [6.07, 6.45) is 1.49. The zero-order valence-electron chi connectivity index (χ0n) is 15.4. The first-order valence-electron chi connectivity index (χ1n) is 8.67. The van der Waals surface area contributed by atoms with Crippen LogP contribution in [0.3, 0.4) is 0 Å². The van der Waals surface area contributed by atoms with Crippen LogP contribution in [0.15, 0.2) is 41.0 Å². The molecule has 8 heteroatoms. The number of carbonyl (C=O) groups excluding carboxylic acids is 2. The Kier molecular flexibility index (Phi) is 5.97. The van der Waals surface area contributed by atoms with E-state index in [0.29, 0.717) is 49.1 Å². The number of hydrogen-bond acceptors (Lipinski definition) is 6. The molecule has 1 N–H and O–H groups in total. The molecule has 3 rings (SSSR count). The highest BCUT2D eigenvalue weighted by molar-refractivity contribution is 5.95. The maximum atomic E-state index is 12.5. The minimum atomic E-state index is -0.192. The number of urea groups is 1. The number of nitrogens with zero attached hydrogens (tertiary/aromatic N) is 2. The van der Waals surface area contributed by atoms with Crippen molar-refractivity contribution in [2.75, 3.05) is 52.3 Å². The van der Waals surface area contributed by atoms with Gasteiger partial charge in [-0.3, -0.25) is 9.69 Å². The van der Waals surface area contributed by atoms with E-state index in [1.165, 1.54) is 6.26 Å². The van der Waals surface area contributed by atoms with Gasteiger partial charge in [0.1, 0.15) is 11.5 Å². The molecule has 0 aliphatic carbocycles. The predicted octanol–water partition coefficient (Wildman–Crippen LogP) is 2.33. The average molecular weight is 373 g/mol. The van der Waals surface area contributed by atoms with Gasteiger partial charge in [0.15, 0.2) is 5.76 Å². The predicted molar refractivity (Wildman–Crippen MR) is 99.6 cm³/mol. The Labute approximate surface area is 157 Å². The lowest BCUT2D eigenvalue weighted by molar-refractivity contribution is 0.0857. The SMILES string of the molecule is COc1cc(NC(=O)N2CCN(CC(=O)c3ccco3)CC2)cc(OC)c1. The summed E-state index contributed by atoms with van der Waals surface area (Å²) in [7, 11) is 3.12. The van der Waals surface area contributed by atoms with Crippen LogP contribution in [0.2, 0.25) is 0 Å². The summed E-state index contributed by atoms with van der Waals surface area (Å²) in [6, 6.07) is 8.38. The van der Waals surface area contributed by atoms with Crippen molar-refractivity contribution >= 4 is 17.5 Å². The molecule has 2 heterocycles. The third-order valence-corrected chi connectivity index (χ3v) is 4.43. The van der Waals surface area contributed by atoms with Crippen molar-refractivity contribution in [1.29, 1.82) is 0 Å². The molecule has 27 heavy (non-hydrogen) atoms. The Morgan fingerprint density at radius 1 is 1.07 bits per heavy atom. The first kappa shape index (κ1) is 18.8. The smallest absolute Gasteiger partial charge is 0.321 e. The molecular weight excluding hydrogens is 350 g/mol. The van der Waals surface area contributed by atoms with Gasteiger partial charge < -0.3 is 24.1 Å². The molecule has 2 amide bonds. The van der Waals surface area contributed by atoms with E-state index >= 15 is 0 Å². The Morgan fingerprint density at radius 2 is 1.74 bits per heavy atom. The third kappa shape index (κ3) is 4.79. The highest BCUT2D eigenvalue weighted by Crippen LogP contribution is 2.26. The quantitative estimate of drug-likeness (QED) is 0.783. The Bertz CT molecular complexity index is 760. The zero-order valence-corrected chi connectivity index (χ0v) is 15.4. The van der Waals surface area contributed by atoms with Gasteiger partial charge in [-0.05, 0) is 12.1 Å². The number of carbonyl (C=O) groups is 2. The highest BCUT2D eigenvalue weighted by Gasteiger charge is 2.23. The first-order valence-corrected chi connectivity index (χ1v) is 8.67. The second kappa shape index (κ2) is 8.59. The number of hydrogen-bond donors (Lipinski definition) is 1. The molecule has 0 radical (unpaired) electrons. The van der Waals surface area contributed by atoms with Crippen molar-refractivity contribution in [3.63, 3.8) is 0 Å². The van der Waals surface area contributed by atoms with E-state index in [9.17, 15) is 9.59 Å². The van der Waals surface area contributed by atoms with E-state index in [1.54, 1.807) is 49.5 Å². The molecule has 0 spiro atoms. The lowest BCUT2D eigenvalue weighted by Crippen LogP contribution is -2.51. The van der Waals surface area contributed by atoms with Crippen molar-refractivity contribution in [1.82, 2.24) is 9.80 Å². The number of amides is 2. The molecule has 1 saturated heterocycles. The van der Waals surface area contributed by atoms with E-state index < -0.39 is 0 Å². The third-order valence-electron chi connectivity index (χ3n) is 4.43. The van der Waals surface area contributed by atoms with Crippen LogP contribution in [0.1, 0.15) is 10.6 Å². The van der Waals surface area contributed by atoms with Crippen molar-refractivity contribution < 1.29 is 23.5 Å². The van der Waals surface area contributed by atoms with Gasteiger partial charge in [0.05, 0.1) is 27.0 Å². The summed E-state index contributed by atoms with van der Waals surface area (Å²) in [6.45, 7) is 2.62. The summed E-state index contributed by atoms with van der Waals surface area (Å²) in [5.41, 5.74) is 0.603. The van der Waals surface area contributed by atoms with Crippen LogP contribution in [-0.2, 0) is 0 Å². The Morgan fingerprint density at radius 3 is 2.30 bits per heavy atom. The highest BCUT2D eigenvalue weighted by atomic mass is 16.5. The molecule has 1 aromatic heterocycles. The molecule has 1 aliphatic rings. The largest absolute Gasteiger partial charge is 0.497 e. The van der Waals surface area contributed by atoms with Crippen LogP contribution in [-0.4, -0.2) is 68.6 Å². The fraction of sp³-hybridized carbons (Fsp3) is 0.368. The maximum absolute atomic E-state index is 12.5. The average Bonchev–Trinajstić information content (AvgIpc) is 3.23. The lowest BCUT2D eigenvalue weighted by Gasteiger charge is -2.34. The zero-order chi connectivity index (χ0) is 19.2. The summed E-state index contributed by atoms with van der Waals surface area (Å²) < 4.78 is 15.6. The molecule has 2 aromatic rings. The van der Waals surface area contributed by atoms with Gasteiger partial charge in [0.2, 0.25) is 5.78 Å². The summed E-state index contributed by atoms with van der Waals surface area (Å²) in [4.78, 5) is 28.4. The summed E-state index contributed by atoms with van der Waals surface area (Å²) in [5.74, 6) is 1.51. The van der Waals surface area contributed by atoms with E-state index in [4.69, 9.17) is 13.9 Å². The molecular formula is C19H23N3O5. The van der Waals surface area contributed by atoms with Crippen LogP contribution >= 0.6 is 0 Å². The maximum Gasteiger partial charge on any atom is 0.321 e. The Balaban J connectivity index is 1.52.